The molecule has 0 heterocycles. The summed E-state index contributed by atoms with van der Waals surface area (Å²) in [5, 5.41) is 7.28. The van der Waals surface area contributed by atoms with Gasteiger partial charge < -0.3 is 5.32 Å². The van der Waals surface area contributed by atoms with Crippen LogP contribution in [0.25, 0.3) is 0 Å². The van der Waals surface area contributed by atoms with E-state index in [1.54, 1.807) is 30.3 Å². The molecule has 2 aromatic carbocycles. The van der Waals surface area contributed by atoms with E-state index in [1.807, 2.05) is 18.2 Å². The number of para-hydroxylation sites is 1. The van der Waals surface area contributed by atoms with Gasteiger partial charge in [-0.2, -0.15) is 5.10 Å². The van der Waals surface area contributed by atoms with Crippen LogP contribution in [0.4, 0.5) is 5.69 Å². The predicted octanol–water partition coefficient (Wildman–Crippen LogP) is 3.86. The van der Waals surface area contributed by atoms with Crippen LogP contribution in [0.5, 0.6) is 0 Å². The lowest BCUT2D eigenvalue weighted by molar-refractivity contribution is -0.124. The summed E-state index contributed by atoms with van der Waals surface area (Å²) < 4.78 is 0. The van der Waals surface area contributed by atoms with E-state index in [4.69, 9.17) is 23.2 Å². The molecule has 2 aromatic rings. The third kappa shape index (κ3) is 5.68. The fraction of sp³-hybridized carbons (Fsp3) is 0.118. The Morgan fingerprint density at radius 3 is 2.42 bits per heavy atom. The molecule has 0 fully saturated rings. The van der Waals surface area contributed by atoms with Crippen molar-refractivity contribution in [3.63, 3.8) is 0 Å². The van der Waals surface area contributed by atoms with Gasteiger partial charge in [0, 0.05) is 24.1 Å². The average Bonchev–Trinajstić information content (AvgIpc) is 2.58. The summed E-state index contributed by atoms with van der Waals surface area (Å²) in [5.74, 6) is -0.606. The van der Waals surface area contributed by atoms with Gasteiger partial charge in [-0.05, 0) is 18.2 Å². The van der Waals surface area contributed by atoms with Crippen molar-refractivity contribution in [1.82, 2.24) is 5.43 Å². The van der Waals surface area contributed by atoms with E-state index in [1.165, 1.54) is 6.21 Å². The second kappa shape index (κ2) is 9.05. The molecule has 0 atom stereocenters. The fourth-order valence-corrected chi connectivity index (χ4v) is 2.18. The molecular weight excluding hydrogens is 349 g/mol. The van der Waals surface area contributed by atoms with Crippen molar-refractivity contribution in [1.29, 1.82) is 0 Å². The minimum absolute atomic E-state index is 0.0271. The number of nitrogens with zero attached hydrogens (tertiary/aromatic N) is 1. The van der Waals surface area contributed by atoms with Gasteiger partial charge in [0.2, 0.25) is 11.8 Å². The van der Waals surface area contributed by atoms with Crippen LogP contribution < -0.4 is 10.7 Å². The maximum absolute atomic E-state index is 11.7. The van der Waals surface area contributed by atoms with Crippen LogP contribution in [-0.2, 0) is 9.59 Å². The minimum atomic E-state index is -0.368. The summed E-state index contributed by atoms with van der Waals surface area (Å²) in [5.41, 5.74) is 3.63. The molecule has 0 aliphatic rings. The lowest BCUT2D eigenvalue weighted by Crippen LogP contribution is -2.20. The van der Waals surface area contributed by atoms with Gasteiger partial charge in [-0.25, -0.2) is 5.43 Å². The monoisotopic (exact) mass is 363 g/mol. The van der Waals surface area contributed by atoms with Crippen molar-refractivity contribution >= 4 is 46.9 Å². The molecule has 0 radical (unpaired) electrons. The van der Waals surface area contributed by atoms with Crippen LogP contribution in [-0.4, -0.2) is 18.0 Å². The number of nitrogens with one attached hydrogen (secondary N) is 2. The van der Waals surface area contributed by atoms with E-state index in [0.717, 1.165) is 0 Å². The van der Waals surface area contributed by atoms with E-state index in [-0.39, 0.29) is 24.7 Å². The largest absolute Gasteiger partial charge is 0.326 e. The highest BCUT2D eigenvalue weighted by atomic mass is 35.5. The Labute approximate surface area is 149 Å². The number of amides is 2. The topological polar surface area (TPSA) is 70.6 Å². The number of benzene rings is 2. The average molecular weight is 364 g/mol. The van der Waals surface area contributed by atoms with E-state index in [2.05, 4.69) is 15.8 Å². The van der Waals surface area contributed by atoms with Gasteiger partial charge in [-0.15, -0.1) is 0 Å². The van der Waals surface area contributed by atoms with Gasteiger partial charge in [0.15, 0.2) is 0 Å². The van der Waals surface area contributed by atoms with Crippen molar-refractivity contribution in [2.45, 2.75) is 12.8 Å². The quantitative estimate of drug-likeness (QED) is 0.604. The smallest absolute Gasteiger partial charge is 0.240 e. The maximum atomic E-state index is 11.7. The first-order valence-corrected chi connectivity index (χ1v) is 7.92. The summed E-state index contributed by atoms with van der Waals surface area (Å²) in [6.45, 7) is 0. The SMILES string of the molecule is O=C(CCC(=O)Nc1ccccc1)N/N=C/c1cccc(Cl)c1Cl. The molecule has 2 amide bonds. The van der Waals surface area contributed by atoms with E-state index < -0.39 is 0 Å². The summed E-state index contributed by atoms with van der Waals surface area (Å²) in [7, 11) is 0. The van der Waals surface area contributed by atoms with E-state index in [0.29, 0.717) is 21.3 Å². The molecular formula is C17H15Cl2N3O2. The number of rotatable bonds is 6. The zero-order valence-corrected chi connectivity index (χ0v) is 14.1. The van der Waals surface area contributed by atoms with Gasteiger partial charge in [0.1, 0.15) is 0 Å². The van der Waals surface area contributed by atoms with Crippen molar-refractivity contribution in [2.75, 3.05) is 5.32 Å². The zero-order valence-electron chi connectivity index (χ0n) is 12.6. The lowest BCUT2D eigenvalue weighted by atomic mass is 10.2. The zero-order chi connectivity index (χ0) is 17.4. The Morgan fingerprint density at radius 1 is 0.958 bits per heavy atom. The molecule has 0 aliphatic carbocycles. The van der Waals surface area contributed by atoms with Gasteiger partial charge in [0.05, 0.1) is 16.3 Å². The lowest BCUT2D eigenvalue weighted by Gasteiger charge is -2.04. The number of halogens is 2. The first-order chi connectivity index (χ1) is 11.6. The summed E-state index contributed by atoms with van der Waals surface area (Å²) in [6, 6.07) is 14.1. The maximum Gasteiger partial charge on any atom is 0.240 e. The second-order valence-electron chi connectivity index (χ2n) is 4.85. The third-order valence-electron chi connectivity index (χ3n) is 3.01. The molecule has 0 unspecified atom stereocenters. The molecule has 2 N–H and O–H groups in total. The van der Waals surface area contributed by atoms with Gasteiger partial charge in [0.25, 0.3) is 0 Å². The molecule has 2 rings (SSSR count). The summed E-state index contributed by atoms with van der Waals surface area (Å²) in [4.78, 5) is 23.4. The standard InChI is InChI=1S/C17H15Cl2N3O2/c18-14-8-4-5-12(17(14)19)11-20-22-16(24)10-9-15(23)21-13-6-2-1-3-7-13/h1-8,11H,9-10H2,(H,21,23)(H,22,24)/b20-11+. The molecule has 24 heavy (non-hydrogen) atoms. The molecule has 5 nitrogen and oxygen atoms in total. The van der Waals surface area contributed by atoms with Crippen LogP contribution in [0.1, 0.15) is 18.4 Å². The normalized spacial score (nSPS) is 10.6. The van der Waals surface area contributed by atoms with Gasteiger partial charge >= 0.3 is 0 Å². The van der Waals surface area contributed by atoms with Crippen LogP contribution in [0, 0.1) is 0 Å². The summed E-state index contributed by atoms with van der Waals surface area (Å²) >= 11 is 11.9. The third-order valence-corrected chi connectivity index (χ3v) is 3.84. The Hall–Kier alpha value is -2.37. The highest BCUT2D eigenvalue weighted by Gasteiger charge is 2.07. The van der Waals surface area contributed by atoms with Crippen LogP contribution in [0.15, 0.2) is 53.6 Å². The number of hydrogen-bond donors (Lipinski definition) is 2. The molecule has 124 valence electrons. The Bertz CT molecular complexity index is 749. The van der Waals surface area contributed by atoms with Crippen molar-refractivity contribution in [3.05, 3.63) is 64.1 Å². The van der Waals surface area contributed by atoms with Crippen LogP contribution in [0.3, 0.4) is 0 Å². The molecule has 0 saturated carbocycles. The number of carbonyl (C=O) groups excluding carboxylic acids is 2. The Morgan fingerprint density at radius 2 is 1.67 bits per heavy atom. The van der Waals surface area contributed by atoms with E-state index >= 15 is 0 Å². The summed E-state index contributed by atoms with van der Waals surface area (Å²) in [6.07, 6.45) is 1.49. The van der Waals surface area contributed by atoms with Gasteiger partial charge in [-0.3, -0.25) is 9.59 Å². The number of anilines is 1. The first kappa shape index (κ1) is 18.0. The van der Waals surface area contributed by atoms with Crippen LogP contribution >= 0.6 is 23.2 Å². The minimum Gasteiger partial charge on any atom is -0.326 e. The first-order valence-electron chi connectivity index (χ1n) is 7.17. The van der Waals surface area contributed by atoms with Crippen LogP contribution in [0.2, 0.25) is 10.0 Å². The number of carbonyl (C=O) groups is 2. The second-order valence-corrected chi connectivity index (χ2v) is 5.64. The highest BCUT2D eigenvalue weighted by Crippen LogP contribution is 2.24. The molecule has 0 aliphatic heterocycles. The van der Waals surface area contributed by atoms with Crippen molar-refractivity contribution in [2.24, 2.45) is 5.10 Å². The highest BCUT2D eigenvalue weighted by molar-refractivity contribution is 6.43. The number of hydrazone groups is 1. The molecule has 0 spiro atoms. The van der Waals surface area contributed by atoms with Crippen molar-refractivity contribution < 1.29 is 9.59 Å². The molecule has 0 saturated heterocycles. The predicted molar refractivity (Wildman–Crippen MR) is 96.5 cm³/mol. The molecule has 0 aromatic heterocycles. The Kier molecular flexibility index (Phi) is 6.78. The molecule has 0 bridgehead atoms. The number of hydrogen-bond acceptors (Lipinski definition) is 3. The van der Waals surface area contributed by atoms with E-state index in [9.17, 15) is 9.59 Å². The fourth-order valence-electron chi connectivity index (χ4n) is 1.82. The van der Waals surface area contributed by atoms with Gasteiger partial charge in [-0.1, -0.05) is 53.5 Å². The van der Waals surface area contributed by atoms with Crippen molar-refractivity contribution in [3.8, 4) is 0 Å². The molecule has 7 heteroatoms. The Balaban J connectivity index is 1.76.